The van der Waals surface area contributed by atoms with Crippen LogP contribution in [0.3, 0.4) is 0 Å². The van der Waals surface area contributed by atoms with Gasteiger partial charge in [-0.1, -0.05) is 17.0 Å². The van der Waals surface area contributed by atoms with Crippen LogP contribution in [-0.2, 0) is 10.3 Å². The first-order valence-electron chi connectivity index (χ1n) is 3.99. The number of hydrazine groups is 1. The van der Waals surface area contributed by atoms with Crippen LogP contribution in [-0.4, -0.2) is 20.1 Å². The van der Waals surface area contributed by atoms with Gasteiger partial charge in [0.1, 0.15) is 11.4 Å². The van der Waals surface area contributed by atoms with Crippen molar-refractivity contribution in [1.29, 1.82) is 0 Å². The number of rotatable bonds is 5. The fraction of sp³-hybridized carbons (Fsp3) is 0.143. The Balaban J connectivity index is 3.08. The summed E-state index contributed by atoms with van der Waals surface area (Å²) in [6.07, 6.45) is 0. The van der Waals surface area contributed by atoms with Gasteiger partial charge in [0.2, 0.25) is 0 Å². The Bertz CT molecular complexity index is 475. The molecule has 0 atom stereocenters. The van der Waals surface area contributed by atoms with E-state index in [1.165, 1.54) is 24.1 Å². The summed E-state index contributed by atoms with van der Waals surface area (Å²) in [4.78, 5) is 11.9. The van der Waals surface area contributed by atoms with Crippen LogP contribution in [0.4, 0.5) is 5.69 Å². The molecule has 0 unspecified atom stereocenters. The van der Waals surface area contributed by atoms with Crippen LogP contribution in [0.15, 0.2) is 29.6 Å². The largest absolute Gasteiger partial charge is 0.494 e. The summed E-state index contributed by atoms with van der Waals surface area (Å²) in [5, 5.41) is 2.75. The molecule has 8 nitrogen and oxygen atoms in total. The first-order valence-corrected chi connectivity index (χ1v) is 5.43. The van der Waals surface area contributed by atoms with Gasteiger partial charge in [-0.3, -0.25) is 4.55 Å². The van der Waals surface area contributed by atoms with Gasteiger partial charge in [0.25, 0.3) is 0 Å². The average Bonchev–Trinajstić information content (AvgIpc) is 2.24. The maximum atomic E-state index is 10.5. The lowest BCUT2D eigenvalue weighted by Crippen LogP contribution is -2.37. The molecule has 1 aromatic rings. The molecule has 0 amide bonds. The molecule has 1 aromatic carbocycles. The molecule has 0 aliphatic rings. The minimum atomic E-state index is -4.58. The third kappa shape index (κ3) is 3.15. The van der Waals surface area contributed by atoms with Gasteiger partial charge in [0.15, 0.2) is 0 Å². The molecular weight excluding hydrogens is 238 g/mol. The van der Waals surface area contributed by atoms with Gasteiger partial charge in [-0.05, 0) is 12.1 Å². The monoisotopic (exact) mass is 247 g/mol. The van der Waals surface area contributed by atoms with Gasteiger partial charge >= 0.3 is 10.3 Å². The number of hydrogen-bond donors (Lipinski definition) is 2. The van der Waals surface area contributed by atoms with Gasteiger partial charge in [0, 0.05) is 0 Å². The smallest absolute Gasteiger partial charge is 0.352 e. The van der Waals surface area contributed by atoms with Crippen LogP contribution in [0, 0.1) is 4.91 Å². The maximum Gasteiger partial charge on any atom is 0.352 e. The Morgan fingerprint density at radius 2 is 2.06 bits per heavy atom. The number of nitrogens with one attached hydrogen (secondary N) is 1. The minimum Gasteiger partial charge on any atom is -0.494 e. The topological polar surface area (TPSA) is 108 Å². The van der Waals surface area contributed by atoms with Crippen LogP contribution < -0.4 is 14.7 Å². The molecule has 0 radical (unpaired) electrons. The molecule has 1 rings (SSSR count). The lowest BCUT2D eigenvalue weighted by Gasteiger charge is -2.16. The predicted molar refractivity (Wildman–Crippen MR) is 56.0 cm³/mol. The third-order valence-corrected chi connectivity index (χ3v) is 2.00. The van der Waals surface area contributed by atoms with E-state index in [-0.39, 0.29) is 11.4 Å². The highest BCUT2D eigenvalue weighted by Crippen LogP contribution is 2.26. The Hall–Kier alpha value is -1.71. The Morgan fingerprint density at radius 3 is 2.56 bits per heavy atom. The second-order valence-corrected chi connectivity index (χ2v) is 3.76. The molecule has 16 heavy (non-hydrogen) atoms. The van der Waals surface area contributed by atoms with E-state index in [1.807, 2.05) is 0 Å². The Labute approximate surface area is 91.6 Å². The highest BCUT2D eigenvalue weighted by atomic mass is 32.2. The highest BCUT2D eigenvalue weighted by Gasteiger charge is 2.17. The molecule has 88 valence electrons. The van der Waals surface area contributed by atoms with Crippen LogP contribution in [0.5, 0.6) is 5.75 Å². The average molecular weight is 247 g/mol. The summed E-state index contributed by atoms with van der Waals surface area (Å²) in [5.74, 6) is 0.221. The molecule has 9 heteroatoms. The number of benzene rings is 1. The highest BCUT2D eigenvalue weighted by molar-refractivity contribution is 7.83. The van der Waals surface area contributed by atoms with Crippen molar-refractivity contribution in [3.63, 3.8) is 0 Å². The van der Waals surface area contributed by atoms with Crippen molar-refractivity contribution in [2.75, 3.05) is 12.2 Å². The predicted octanol–water partition coefficient (Wildman–Crippen LogP) is 0.490. The maximum absolute atomic E-state index is 10.5. The molecule has 0 spiro atoms. The zero-order valence-corrected chi connectivity index (χ0v) is 9.01. The standard InChI is InChI=1S/C7H9N3O5S/c1-15-7-5-3-2-4-6(7)10(8-11)9-16(12,13)14/h2-5,9H,1H3,(H,12,13,14). The first-order chi connectivity index (χ1) is 7.48. The number of ether oxygens (including phenoxy) is 1. The summed E-state index contributed by atoms with van der Waals surface area (Å²) in [6.45, 7) is 0. The van der Waals surface area contributed by atoms with Crippen molar-refractivity contribution in [3.8, 4) is 5.75 Å². The summed E-state index contributed by atoms with van der Waals surface area (Å²) in [5.41, 5.74) is 0.0534. The number of nitroso groups, excluding NO2 is 1. The number of anilines is 1. The number of nitrogens with zero attached hydrogens (tertiary/aromatic N) is 2. The van der Waals surface area contributed by atoms with Crippen LogP contribution in [0.1, 0.15) is 0 Å². The molecule has 0 fully saturated rings. The molecule has 0 aliphatic carbocycles. The Kier molecular flexibility index (Phi) is 3.77. The second-order valence-electron chi connectivity index (χ2n) is 2.63. The van der Waals surface area contributed by atoms with E-state index < -0.39 is 10.3 Å². The van der Waals surface area contributed by atoms with Crippen LogP contribution >= 0.6 is 0 Å². The molecule has 0 bridgehead atoms. The molecule has 0 aromatic heterocycles. The first kappa shape index (κ1) is 12.4. The second kappa shape index (κ2) is 4.88. The zero-order chi connectivity index (χ0) is 12.2. The van der Waals surface area contributed by atoms with Crippen LogP contribution in [0.2, 0.25) is 0 Å². The number of hydrogen-bond acceptors (Lipinski definition) is 5. The lowest BCUT2D eigenvalue weighted by molar-refractivity contribution is 0.413. The molecule has 2 N–H and O–H groups in total. The van der Waals surface area contributed by atoms with Crippen molar-refractivity contribution in [1.82, 2.24) is 4.83 Å². The molecule has 0 heterocycles. The van der Waals surface area contributed by atoms with Crippen molar-refractivity contribution in [2.45, 2.75) is 0 Å². The number of para-hydroxylation sites is 2. The van der Waals surface area contributed by atoms with E-state index in [1.54, 1.807) is 12.1 Å². The third-order valence-electron chi connectivity index (χ3n) is 1.60. The summed E-state index contributed by atoms with van der Waals surface area (Å²) >= 11 is 0. The van der Waals surface area contributed by atoms with E-state index in [4.69, 9.17) is 9.29 Å². The van der Waals surface area contributed by atoms with Gasteiger partial charge in [0.05, 0.1) is 12.4 Å². The minimum absolute atomic E-state index is 0.0534. The van der Waals surface area contributed by atoms with E-state index in [0.717, 1.165) is 0 Å². The van der Waals surface area contributed by atoms with Gasteiger partial charge in [-0.25, -0.2) is 0 Å². The SMILES string of the molecule is COc1ccccc1N(N=O)NS(=O)(=O)O. The summed E-state index contributed by atoms with van der Waals surface area (Å²) in [6, 6.07) is 6.05. The molecule has 0 saturated carbocycles. The summed E-state index contributed by atoms with van der Waals surface area (Å²) in [7, 11) is -3.24. The van der Waals surface area contributed by atoms with Crippen molar-refractivity contribution >= 4 is 16.0 Å². The van der Waals surface area contributed by atoms with E-state index in [0.29, 0.717) is 5.12 Å². The van der Waals surface area contributed by atoms with Crippen molar-refractivity contribution in [2.24, 2.45) is 5.29 Å². The van der Waals surface area contributed by atoms with Gasteiger partial charge < -0.3 is 4.74 Å². The molecule has 0 saturated heterocycles. The van der Waals surface area contributed by atoms with Crippen LogP contribution in [0.25, 0.3) is 0 Å². The normalized spacial score (nSPS) is 10.9. The zero-order valence-electron chi connectivity index (χ0n) is 8.19. The van der Waals surface area contributed by atoms with Gasteiger partial charge in [-0.15, -0.1) is 10.0 Å². The van der Waals surface area contributed by atoms with E-state index >= 15 is 0 Å². The van der Waals surface area contributed by atoms with E-state index in [2.05, 4.69) is 5.29 Å². The quantitative estimate of drug-likeness (QED) is 0.445. The fourth-order valence-electron chi connectivity index (χ4n) is 1.02. The van der Waals surface area contributed by atoms with Gasteiger partial charge in [-0.2, -0.15) is 8.42 Å². The lowest BCUT2D eigenvalue weighted by atomic mass is 10.3. The molecular formula is C7H9N3O5S. The van der Waals surface area contributed by atoms with E-state index in [9.17, 15) is 13.3 Å². The van der Waals surface area contributed by atoms with Crippen molar-refractivity contribution < 1.29 is 17.7 Å². The Morgan fingerprint density at radius 1 is 1.44 bits per heavy atom. The molecule has 0 aliphatic heterocycles. The number of methoxy groups -OCH3 is 1. The fourth-order valence-corrected chi connectivity index (χ4v) is 1.37. The summed E-state index contributed by atoms with van der Waals surface area (Å²) < 4.78 is 34.5. The van der Waals surface area contributed by atoms with Crippen molar-refractivity contribution in [3.05, 3.63) is 29.2 Å².